The molecule has 0 spiro atoms. The van der Waals surface area contributed by atoms with Crippen molar-refractivity contribution < 1.29 is 23.4 Å². The number of rotatable bonds is 6. The first-order valence-corrected chi connectivity index (χ1v) is 5.90. The molecule has 1 atom stereocenters. The number of aliphatic hydroxyl groups excluding tert-OH is 1. The van der Waals surface area contributed by atoms with E-state index in [2.05, 4.69) is 4.74 Å². The van der Waals surface area contributed by atoms with Gasteiger partial charge in [0.1, 0.15) is 11.5 Å². The molecule has 1 N–H and O–H groups in total. The molecule has 0 aromatic heterocycles. The van der Waals surface area contributed by atoms with Crippen LogP contribution in [0.1, 0.15) is 25.8 Å². The van der Waals surface area contributed by atoms with Crippen molar-refractivity contribution in [1.82, 2.24) is 0 Å². The van der Waals surface area contributed by atoms with Crippen molar-refractivity contribution in [2.75, 3.05) is 0 Å². The first-order valence-electron chi connectivity index (χ1n) is 5.52. The van der Waals surface area contributed by atoms with Crippen LogP contribution < -0.4 is 9.47 Å². The third kappa shape index (κ3) is 3.99. The second kappa shape index (κ2) is 6.75. The molecule has 18 heavy (non-hydrogen) atoms. The summed E-state index contributed by atoms with van der Waals surface area (Å²) in [6.07, 6.45) is 0.658. The Hall–Kier alpha value is -1.07. The molecule has 0 fully saturated rings. The van der Waals surface area contributed by atoms with Gasteiger partial charge >= 0.3 is 6.61 Å². The van der Waals surface area contributed by atoms with Gasteiger partial charge in [-0.3, -0.25) is 0 Å². The predicted molar refractivity (Wildman–Crippen MR) is 64.4 cm³/mol. The van der Waals surface area contributed by atoms with Crippen LogP contribution in [0.15, 0.2) is 12.1 Å². The first-order chi connectivity index (χ1) is 8.47. The number of hydrogen-bond donors (Lipinski definition) is 1. The summed E-state index contributed by atoms with van der Waals surface area (Å²) in [6, 6.07) is 2.63. The summed E-state index contributed by atoms with van der Waals surface area (Å²) in [7, 11) is 0. The molecule has 102 valence electrons. The number of alkyl halides is 2. The molecule has 0 saturated heterocycles. The summed E-state index contributed by atoms with van der Waals surface area (Å²) in [6.45, 7) is 0.361. The van der Waals surface area contributed by atoms with Gasteiger partial charge in [-0.25, -0.2) is 0 Å². The average Bonchev–Trinajstić information content (AvgIpc) is 2.32. The molecule has 0 aliphatic rings. The van der Waals surface area contributed by atoms with Crippen LogP contribution in [-0.4, -0.2) is 17.8 Å². The van der Waals surface area contributed by atoms with Gasteiger partial charge in [-0.15, -0.1) is 0 Å². The Bertz CT molecular complexity index is 399. The smallest absolute Gasteiger partial charge is 0.387 e. The van der Waals surface area contributed by atoms with E-state index in [0.717, 1.165) is 6.42 Å². The lowest BCUT2D eigenvalue weighted by Gasteiger charge is -2.17. The Morgan fingerprint density at radius 3 is 2.44 bits per heavy atom. The Morgan fingerprint density at radius 2 is 1.94 bits per heavy atom. The minimum absolute atomic E-state index is 0.0955. The summed E-state index contributed by atoms with van der Waals surface area (Å²) >= 11 is 5.94. The van der Waals surface area contributed by atoms with Gasteiger partial charge in [0.15, 0.2) is 0 Å². The number of hydrogen-bond acceptors (Lipinski definition) is 3. The number of benzene rings is 1. The largest absolute Gasteiger partial charge is 0.489 e. The molecule has 1 aromatic rings. The minimum atomic E-state index is -2.96. The van der Waals surface area contributed by atoms with Gasteiger partial charge in [0.25, 0.3) is 0 Å². The Labute approximate surface area is 109 Å². The Balaban J connectivity index is 3.04. The number of ether oxygens (including phenoxy) is 2. The van der Waals surface area contributed by atoms with Crippen molar-refractivity contribution in [3.63, 3.8) is 0 Å². The van der Waals surface area contributed by atoms with Crippen LogP contribution in [0, 0.1) is 0 Å². The van der Waals surface area contributed by atoms with E-state index in [4.69, 9.17) is 21.4 Å². The van der Waals surface area contributed by atoms with E-state index in [1.165, 1.54) is 12.1 Å². The SMILES string of the molecule is CCC(C)Oc1cc(OC(F)F)c(CO)cc1Cl. The molecule has 0 radical (unpaired) electrons. The van der Waals surface area contributed by atoms with Gasteiger partial charge in [0.2, 0.25) is 0 Å². The van der Waals surface area contributed by atoms with Crippen LogP contribution in [0.4, 0.5) is 8.78 Å². The molecule has 6 heteroatoms. The zero-order valence-electron chi connectivity index (χ0n) is 10.1. The molecule has 1 aromatic carbocycles. The van der Waals surface area contributed by atoms with Crippen molar-refractivity contribution in [1.29, 1.82) is 0 Å². The van der Waals surface area contributed by atoms with Crippen LogP contribution in [0.25, 0.3) is 0 Å². The molecular weight excluding hydrogens is 266 g/mol. The molecule has 1 unspecified atom stereocenters. The first kappa shape index (κ1) is 15.0. The fourth-order valence-corrected chi connectivity index (χ4v) is 1.53. The highest BCUT2D eigenvalue weighted by molar-refractivity contribution is 6.32. The normalized spacial score (nSPS) is 12.6. The Kier molecular flexibility index (Phi) is 5.62. The van der Waals surface area contributed by atoms with E-state index in [9.17, 15) is 8.78 Å². The summed E-state index contributed by atoms with van der Waals surface area (Å²) in [4.78, 5) is 0. The summed E-state index contributed by atoms with van der Waals surface area (Å²) in [5, 5.41) is 9.30. The summed E-state index contributed by atoms with van der Waals surface area (Å²) in [5.74, 6) is 0.133. The van der Waals surface area contributed by atoms with Gasteiger partial charge in [-0.2, -0.15) is 8.78 Å². The zero-order chi connectivity index (χ0) is 13.7. The van der Waals surface area contributed by atoms with E-state index in [1.54, 1.807) is 0 Å². The lowest BCUT2D eigenvalue weighted by molar-refractivity contribution is -0.0510. The van der Waals surface area contributed by atoms with Gasteiger partial charge < -0.3 is 14.6 Å². The van der Waals surface area contributed by atoms with Gasteiger partial charge in [0.05, 0.1) is 17.7 Å². The van der Waals surface area contributed by atoms with Crippen LogP contribution >= 0.6 is 11.6 Å². The molecule has 0 saturated carbocycles. The molecule has 0 bridgehead atoms. The van der Waals surface area contributed by atoms with E-state index in [0.29, 0.717) is 0 Å². The lowest BCUT2D eigenvalue weighted by atomic mass is 10.2. The van der Waals surface area contributed by atoms with E-state index >= 15 is 0 Å². The van der Waals surface area contributed by atoms with Crippen LogP contribution in [0.5, 0.6) is 11.5 Å². The maximum absolute atomic E-state index is 12.2. The topological polar surface area (TPSA) is 38.7 Å². The highest BCUT2D eigenvalue weighted by atomic mass is 35.5. The Morgan fingerprint density at radius 1 is 1.28 bits per heavy atom. The lowest BCUT2D eigenvalue weighted by Crippen LogP contribution is -2.11. The maximum atomic E-state index is 12.2. The molecule has 0 aliphatic heterocycles. The van der Waals surface area contributed by atoms with E-state index < -0.39 is 13.2 Å². The second-order valence-corrected chi connectivity index (χ2v) is 4.17. The number of halogens is 3. The fourth-order valence-electron chi connectivity index (χ4n) is 1.30. The highest BCUT2D eigenvalue weighted by Gasteiger charge is 2.15. The van der Waals surface area contributed by atoms with E-state index in [-0.39, 0.29) is 28.2 Å². The van der Waals surface area contributed by atoms with Crippen LogP contribution in [0.3, 0.4) is 0 Å². The molecule has 0 aliphatic carbocycles. The highest BCUT2D eigenvalue weighted by Crippen LogP contribution is 2.34. The van der Waals surface area contributed by atoms with Crippen molar-refractivity contribution in [3.8, 4) is 11.5 Å². The van der Waals surface area contributed by atoms with Crippen molar-refractivity contribution >= 4 is 11.6 Å². The second-order valence-electron chi connectivity index (χ2n) is 3.76. The van der Waals surface area contributed by atoms with Crippen molar-refractivity contribution in [3.05, 3.63) is 22.7 Å². The van der Waals surface area contributed by atoms with Gasteiger partial charge in [0, 0.05) is 11.6 Å². The standard InChI is InChI=1S/C12H15ClF2O3/c1-3-7(2)17-11-5-10(18-12(14)15)8(6-16)4-9(11)13/h4-5,7,12,16H,3,6H2,1-2H3. The average molecular weight is 281 g/mol. The number of aliphatic hydroxyl groups is 1. The molecule has 1 rings (SSSR count). The molecule has 3 nitrogen and oxygen atoms in total. The molecule has 0 heterocycles. The third-order valence-electron chi connectivity index (χ3n) is 2.40. The summed E-state index contributed by atoms with van der Waals surface area (Å²) in [5.41, 5.74) is 0.191. The predicted octanol–water partition coefficient (Wildman–Crippen LogP) is 3.61. The van der Waals surface area contributed by atoms with Crippen molar-refractivity contribution in [2.45, 2.75) is 39.6 Å². The summed E-state index contributed by atoms with van der Waals surface area (Å²) < 4.78 is 34.2. The third-order valence-corrected chi connectivity index (χ3v) is 2.70. The molecular formula is C12H15ClF2O3. The van der Waals surface area contributed by atoms with Crippen LogP contribution in [-0.2, 0) is 6.61 Å². The van der Waals surface area contributed by atoms with Gasteiger partial charge in [-0.1, -0.05) is 18.5 Å². The fraction of sp³-hybridized carbons (Fsp3) is 0.500. The van der Waals surface area contributed by atoms with Gasteiger partial charge in [-0.05, 0) is 19.4 Å². The zero-order valence-corrected chi connectivity index (χ0v) is 10.9. The van der Waals surface area contributed by atoms with Crippen LogP contribution in [0.2, 0.25) is 5.02 Å². The quantitative estimate of drug-likeness (QED) is 0.865. The van der Waals surface area contributed by atoms with E-state index in [1.807, 2.05) is 13.8 Å². The monoisotopic (exact) mass is 280 g/mol. The minimum Gasteiger partial charge on any atom is -0.489 e. The molecule has 0 amide bonds. The maximum Gasteiger partial charge on any atom is 0.387 e. The van der Waals surface area contributed by atoms with Crippen molar-refractivity contribution in [2.24, 2.45) is 0 Å².